The van der Waals surface area contributed by atoms with Gasteiger partial charge < -0.3 is 10.4 Å². The van der Waals surface area contributed by atoms with Crippen molar-refractivity contribution >= 4 is 17.4 Å². The number of pyridine rings is 1. The Bertz CT molecular complexity index is 476. The molecule has 2 N–H and O–H groups in total. The molecule has 4 nitrogen and oxygen atoms in total. The van der Waals surface area contributed by atoms with E-state index in [1.807, 2.05) is 6.07 Å². The number of anilines is 1. The molecule has 1 aromatic rings. The molecule has 1 aliphatic rings. The van der Waals surface area contributed by atoms with E-state index in [-0.39, 0.29) is 0 Å². The third kappa shape index (κ3) is 3.59. The number of nitrogens with one attached hydrogen (secondary N) is 1. The van der Waals surface area contributed by atoms with Crippen LogP contribution in [0.2, 0.25) is 5.02 Å². The van der Waals surface area contributed by atoms with Gasteiger partial charge in [0.2, 0.25) is 0 Å². The maximum absolute atomic E-state index is 10.5. The molecule has 19 heavy (non-hydrogen) atoms. The lowest BCUT2D eigenvalue weighted by atomic mass is 9.94. The van der Waals surface area contributed by atoms with Crippen LogP contribution in [-0.4, -0.2) is 22.2 Å². The molecule has 1 aliphatic carbocycles. The van der Waals surface area contributed by atoms with Gasteiger partial charge in [-0.1, -0.05) is 37.3 Å². The summed E-state index contributed by atoms with van der Waals surface area (Å²) in [5.41, 5.74) is -0.295. The highest BCUT2D eigenvalue weighted by Crippen LogP contribution is 2.29. The minimum absolute atomic E-state index is 0.322. The Morgan fingerprint density at radius 2 is 2.05 bits per heavy atom. The van der Waals surface area contributed by atoms with E-state index in [0.29, 0.717) is 22.9 Å². The molecule has 0 atom stereocenters. The van der Waals surface area contributed by atoms with Crippen LogP contribution >= 0.6 is 11.6 Å². The molecule has 1 fully saturated rings. The molecule has 1 heterocycles. The van der Waals surface area contributed by atoms with Crippen molar-refractivity contribution in [2.75, 3.05) is 11.9 Å². The maximum Gasteiger partial charge on any atom is 0.146 e. The van der Waals surface area contributed by atoms with E-state index in [1.54, 1.807) is 12.3 Å². The van der Waals surface area contributed by atoms with Gasteiger partial charge in [-0.2, -0.15) is 5.26 Å². The number of halogens is 1. The summed E-state index contributed by atoms with van der Waals surface area (Å²) < 4.78 is 0. The SMILES string of the molecule is N#Cc1ccnc(NCC2(O)CCCCCC2)c1Cl. The van der Waals surface area contributed by atoms with Crippen LogP contribution in [-0.2, 0) is 0 Å². The predicted octanol–water partition coefficient (Wildman–Crippen LogP) is 3.10. The summed E-state index contributed by atoms with van der Waals surface area (Å²) >= 11 is 6.08. The molecule has 5 heteroatoms. The summed E-state index contributed by atoms with van der Waals surface area (Å²) in [7, 11) is 0. The van der Waals surface area contributed by atoms with E-state index in [4.69, 9.17) is 16.9 Å². The number of rotatable bonds is 3. The van der Waals surface area contributed by atoms with Crippen molar-refractivity contribution in [3.8, 4) is 6.07 Å². The number of nitriles is 1. The van der Waals surface area contributed by atoms with Gasteiger partial charge in [0, 0.05) is 12.7 Å². The molecule has 102 valence electrons. The first-order valence-electron chi connectivity index (χ1n) is 6.65. The van der Waals surface area contributed by atoms with Gasteiger partial charge in [0.05, 0.1) is 11.2 Å². The molecule has 0 bridgehead atoms. The van der Waals surface area contributed by atoms with E-state index in [1.165, 1.54) is 12.8 Å². The molecule has 1 saturated carbocycles. The highest BCUT2D eigenvalue weighted by atomic mass is 35.5. The summed E-state index contributed by atoms with van der Waals surface area (Å²) in [5.74, 6) is 0.471. The Hall–Kier alpha value is -1.31. The van der Waals surface area contributed by atoms with Crippen molar-refractivity contribution in [2.45, 2.75) is 44.1 Å². The van der Waals surface area contributed by atoms with Crippen LogP contribution in [0.5, 0.6) is 0 Å². The van der Waals surface area contributed by atoms with E-state index in [2.05, 4.69) is 10.3 Å². The molecule has 0 radical (unpaired) electrons. The summed E-state index contributed by atoms with van der Waals surface area (Å²) in [6.45, 7) is 0.425. The van der Waals surface area contributed by atoms with Crippen molar-refractivity contribution in [3.63, 3.8) is 0 Å². The zero-order chi connectivity index (χ0) is 13.7. The fourth-order valence-corrected chi connectivity index (χ4v) is 2.69. The average Bonchev–Trinajstić information content (AvgIpc) is 2.63. The van der Waals surface area contributed by atoms with Gasteiger partial charge in [0.1, 0.15) is 16.9 Å². The second kappa shape index (κ2) is 6.23. The molecular formula is C14H18ClN3O. The smallest absolute Gasteiger partial charge is 0.146 e. The molecular weight excluding hydrogens is 262 g/mol. The molecule has 0 unspecified atom stereocenters. The molecule has 0 saturated heterocycles. The zero-order valence-electron chi connectivity index (χ0n) is 10.8. The van der Waals surface area contributed by atoms with Crippen LogP contribution in [0.4, 0.5) is 5.82 Å². The van der Waals surface area contributed by atoms with Crippen LogP contribution in [0.3, 0.4) is 0 Å². The van der Waals surface area contributed by atoms with Crippen LogP contribution in [0.25, 0.3) is 0 Å². The first kappa shape index (κ1) is 14.1. The molecule has 1 aromatic heterocycles. The van der Waals surface area contributed by atoms with Gasteiger partial charge in [-0.05, 0) is 18.9 Å². The topological polar surface area (TPSA) is 68.9 Å². The minimum atomic E-state index is -0.690. The Kier molecular flexibility index (Phi) is 4.62. The number of aliphatic hydroxyl groups is 1. The Labute approximate surface area is 118 Å². The number of hydrogen-bond donors (Lipinski definition) is 2. The molecule has 2 rings (SSSR count). The molecule has 0 spiro atoms. The minimum Gasteiger partial charge on any atom is -0.388 e. The fraction of sp³-hybridized carbons (Fsp3) is 0.571. The second-order valence-electron chi connectivity index (χ2n) is 5.13. The van der Waals surface area contributed by atoms with Crippen LogP contribution < -0.4 is 5.32 Å². The number of nitrogens with zero attached hydrogens (tertiary/aromatic N) is 2. The predicted molar refractivity (Wildman–Crippen MR) is 75.1 cm³/mol. The lowest BCUT2D eigenvalue weighted by Gasteiger charge is -2.27. The third-order valence-corrected chi connectivity index (χ3v) is 4.01. The van der Waals surface area contributed by atoms with Crippen molar-refractivity contribution in [1.82, 2.24) is 4.98 Å². The normalized spacial score (nSPS) is 18.4. The number of hydrogen-bond acceptors (Lipinski definition) is 4. The van der Waals surface area contributed by atoms with Gasteiger partial charge in [-0.15, -0.1) is 0 Å². The second-order valence-corrected chi connectivity index (χ2v) is 5.50. The quantitative estimate of drug-likeness (QED) is 0.834. The van der Waals surface area contributed by atoms with Crippen molar-refractivity contribution in [2.24, 2.45) is 0 Å². The van der Waals surface area contributed by atoms with Gasteiger partial charge in [0.25, 0.3) is 0 Å². The Balaban J connectivity index is 2.04. The highest BCUT2D eigenvalue weighted by molar-refractivity contribution is 6.34. The third-order valence-electron chi connectivity index (χ3n) is 3.63. The molecule has 0 aliphatic heterocycles. The van der Waals surface area contributed by atoms with Crippen LogP contribution in [0.15, 0.2) is 12.3 Å². The first-order valence-corrected chi connectivity index (χ1v) is 7.03. The largest absolute Gasteiger partial charge is 0.388 e. The van der Waals surface area contributed by atoms with E-state index >= 15 is 0 Å². The fourth-order valence-electron chi connectivity index (χ4n) is 2.47. The van der Waals surface area contributed by atoms with Crippen molar-refractivity contribution in [1.29, 1.82) is 5.26 Å². The molecule has 0 amide bonds. The van der Waals surface area contributed by atoms with Gasteiger partial charge in [-0.3, -0.25) is 0 Å². The highest BCUT2D eigenvalue weighted by Gasteiger charge is 2.28. The van der Waals surface area contributed by atoms with Gasteiger partial charge in [-0.25, -0.2) is 4.98 Å². The summed E-state index contributed by atoms with van der Waals surface area (Å²) in [6.07, 6.45) is 7.63. The average molecular weight is 280 g/mol. The summed E-state index contributed by atoms with van der Waals surface area (Å²) in [5, 5.41) is 22.8. The summed E-state index contributed by atoms with van der Waals surface area (Å²) in [6, 6.07) is 3.60. The first-order chi connectivity index (χ1) is 9.14. The monoisotopic (exact) mass is 279 g/mol. The zero-order valence-corrected chi connectivity index (χ0v) is 11.6. The lowest BCUT2D eigenvalue weighted by Crippen LogP contribution is -2.36. The lowest BCUT2D eigenvalue weighted by molar-refractivity contribution is 0.0380. The molecule has 0 aromatic carbocycles. The maximum atomic E-state index is 10.5. The van der Waals surface area contributed by atoms with E-state index in [0.717, 1.165) is 25.7 Å². The van der Waals surface area contributed by atoms with E-state index < -0.39 is 5.60 Å². The van der Waals surface area contributed by atoms with Crippen LogP contribution in [0, 0.1) is 11.3 Å². The Morgan fingerprint density at radius 1 is 1.37 bits per heavy atom. The van der Waals surface area contributed by atoms with Crippen molar-refractivity contribution < 1.29 is 5.11 Å². The van der Waals surface area contributed by atoms with Gasteiger partial charge in [0.15, 0.2) is 0 Å². The standard InChI is InChI=1S/C14H18ClN3O/c15-12-11(9-16)5-8-17-13(12)18-10-14(19)6-3-1-2-4-7-14/h5,8,19H,1-4,6-7,10H2,(H,17,18). The summed E-state index contributed by atoms with van der Waals surface area (Å²) in [4.78, 5) is 4.12. The van der Waals surface area contributed by atoms with E-state index in [9.17, 15) is 5.11 Å². The van der Waals surface area contributed by atoms with Crippen molar-refractivity contribution in [3.05, 3.63) is 22.8 Å². The van der Waals surface area contributed by atoms with Crippen LogP contribution in [0.1, 0.15) is 44.1 Å². The van der Waals surface area contributed by atoms with Gasteiger partial charge >= 0.3 is 0 Å². The number of aromatic nitrogens is 1. The Morgan fingerprint density at radius 3 is 2.68 bits per heavy atom.